The summed E-state index contributed by atoms with van der Waals surface area (Å²) in [5.74, 6) is 0. The van der Waals surface area contributed by atoms with Crippen LogP contribution in [-0.2, 0) is 0 Å². The summed E-state index contributed by atoms with van der Waals surface area (Å²) >= 11 is 2.26. The minimum absolute atomic E-state index is 0.0836. The van der Waals surface area contributed by atoms with Gasteiger partial charge in [0.15, 0.2) is 0 Å². The molecule has 1 aliphatic rings. The smallest absolute Gasteiger partial charge is 0.0693 e. The third-order valence-corrected chi connectivity index (χ3v) is 2.26. The zero-order valence-corrected chi connectivity index (χ0v) is 7.47. The van der Waals surface area contributed by atoms with E-state index in [2.05, 4.69) is 27.9 Å². The van der Waals surface area contributed by atoms with Gasteiger partial charge in [-0.1, -0.05) is 22.6 Å². The van der Waals surface area contributed by atoms with Crippen molar-refractivity contribution in [1.82, 2.24) is 5.32 Å². The predicted molar refractivity (Wildman–Crippen MR) is 45.7 cm³/mol. The van der Waals surface area contributed by atoms with E-state index in [-0.39, 0.29) is 6.10 Å². The lowest BCUT2D eigenvalue weighted by Gasteiger charge is -2.13. The highest BCUT2D eigenvalue weighted by Crippen LogP contribution is 2.18. The molecule has 2 N–H and O–H groups in total. The molecule has 2 atom stereocenters. The van der Waals surface area contributed by atoms with E-state index in [1.54, 1.807) is 0 Å². The van der Waals surface area contributed by atoms with E-state index in [1.807, 2.05) is 0 Å². The van der Waals surface area contributed by atoms with Crippen LogP contribution in [0, 0.1) is 0 Å². The lowest BCUT2D eigenvalue weighted by Crippen LogP contribution is -2.34. The second-order valence-corrected chi connectivity index (χ2v) is 3.21. The molecule has 54 valence electrons. The topological polar surface area (TPSA) is 32.3 Å². The van der Waals surface area contributed by atoms with Crippen LogP contribution in [0.2, 0.25) is 0 Å². The summed E-state index contributed by atoms with van der Waals surface area (Å²) < 4.78 is 0.944. The van der Waals surface area contributed by atoms with Gasteiger partial charge in [0.1, 0.15) is 0 Å². The molecule has 0 aromatic heterocycles. The van der Waals surface area contributed by atoms with Gasteiger partial charge in [0.2, 0.25) is 0 Å². The van der Waals surface area contributed by atoms with Crippen molar-refractivity contribution in [2.75, 3.05) is 4.55 Å². The van der Waals surface area contributed by atoms with Gasteiger partial charge in [-0.15, -0.1) is 0 Å². The Balaban J connectivity index is 2.22. The fourth-order valence-corrected chi connectivity index (χ4v) is 1.84. The van der Waals surface area contributed by atoms with Crippen molar-refractivity contribution in [2.45, 2.75) is 31.4 Å². The average molecular weight is 241 g/mol. The average Bonchev–Trinajstić information content (AvgIpc) is 2.18. The van der Waals surface area contributed by atoms with Crippen LogP contribution in [-0.4, -0.2) is 21.8 Å². The van der Waals surface area contributed by atoms with Crippen LogP contribution in [0.3, 0.4) is 0 Å². The minimum atomic E-state index is -0.0836. The molecule has 0 bridgehead atoms. The molecule has 1 saturated carbocycles. The molecule has 1 rings (SSSR count). The number of nitrogens with one attached hydrogen (secondary N) is 1. The van der Waals surface area contributed by atoms with E-state index in [4.69, 9.17) is 0 Å². The standard InChI is InChI=1S/C6H12INO/c7-4-8-5-2-1-3-6(5)9/h5-6,8-9H,1-4H2/t5-,6+/m1/s1. The van der Waals surface area contributed by atoms with Gasteiger partial charge in [-0.05, 0) is 19.3 Å². The Labute approximate surface area is 69.2 Å². The first-order chi connectivity index (χ1) is 4.34. The van der Waals surface area contributed by atoms with E-state index in [1.165, 1.54) is 6.42 Å². The second-order valence-electron chi connectivity index (χ2n) is 2.44. The molecule has 0 amide bonds. The van der Waals surface area contributed by atoms with Gasteiger partial charge in [-0.25, -0.2) is 0 Å². The van der Waals surface area contributed by atoms with Gasteiger partial charge in [0.05, 0.1) is 6.10 Å². The Morgan fingerprint density at radius 3 is 2.78 bits per heavy atom. The molecule has 2 nitrogen and oxygen atoms in total. The normalized spacial score (nSPS) is 35.3. The van der Waals surface area contributed by atoms with Gasteiger partial charge in [0.25, 0.3) is 0 Å². The lowest BCUT2D eigenvalue weighted by molar-refractivity contribution is 0.153. The van der Waals surface area contributed by atoms with Crippen LogP contribution in [0.25, 0.3) is 0 Å². The Morgan fingerprint density at radius 2 is 2.33 bits per heavy atom. The SMILES string of the molecule is O[C@H]1CCC[C@H]1NCI. The molecule has 0 aromatic carbocycles. The fourth-order valence-electron chi connectivity index (χ4n) is 1.28. The number of aliphatic hydroxyl groups excluding tert-OH is 1. The Kier molecular flexibility index (Phi) is 3.21. The second kappa shape index (κ2) is 3.73. The monoisotopic (exact) mass is 241 g/mol. The molecule has 1 fully saturated rings. The van der Waals surface area contributed by atoms with Crippen LogP contribution in [0.15, 0.2) is 0 Å². The summed E-state index contributed by atoms with van der Waals surface area (Å²) in [6.45, 7) is 0. The van der Waals surface area contributed by atoms with Gasteiger partial charge in [0, 0.05) is 10.6 Å². The highest BCUT2D eigenvalue weighted by Gasteiger charge is 2.23. The molecule has 0 heterocycles. The number of aliphatic hydroxyl groups is 1. The highest BCUT2D eigenvalue weighted by molar-refractivity contribution is 14.1. The van der Waals surface area contributed by atoms with Crippen molar-refractivity contribution in [3.63, 3.8) is 0 Å². The van der Waals surface area contributed by atoms with Crippen molar-refractivity contribution in [3.8, 4) is 0 Å². The molecule has 0 unspecified atom stereocenters. The summed E-state index contributed by atoms with van der Waals surface area (Å²) in [7, 11) is 0. The summed E-state index contributed by atoms with van der Waals surface area (Å²) in [5.41, 5.74) is 0. The summed E-state index contributed by atoms with van der Waals surface area (Å²) in [4.78, 5) is 0. The third kappa shape index (κ3) is 2.05. The first-order valence-electron chi connectivity index (χ1n) is 3.32. The number of hydrogen-bond donors (Lipinski definition) is 2. The zero-order chi connectivity index (χ0) is 6.69. The van der Waals surface area contributed by atoms with Crippen molar-refractivity contribution in [3.05, 3.63) is 0 Å². The van der Waals surface area contributed by atoms with Gasteiger partial charge in [-0.3, -0.25) is 0 Å². The summed E-state index contributed by atoms with van der Waals surface area (Å²) in [5, 5.41) is 12.5. The molecule has 3 heteroatoms. The number of halogens is 1. The van der Waals surface area contributed by atoms with E-state index in [9.17, 15) is 5.11 Å². The molecule has 1 aliphatic carbocycles. The first kappa shape index (κ1) is 7.75. The summed E-state index contributed by atoms with van der Waals surface area (Å²) in [6, 6.07) is 0.377. The van der Waals surface area contributed by atoms with E-state index < -0.39 is 0 Å². The minimum Gasteiger partial charge on any atom is -0.392 e. The van der Waals surface area contributed by atoms with E-state index in [0.29, 0.717) is 6.04 Å². The number of hydrogen-bond acceptors (Lipinski definition) is 2. The molecule has 0 aliphatic heterocycles. The van der Waals surface area contributed by atoms with Crippen LogP contribution < -0.4 is 5.32 Å². The maximum absolute atomic E-state index is 9.25. The van der Waals surface area contributed by atoms with Crippen molar-refractivity contribution < 1.29 is 5.11 Å². The van der Waals surface area contributed by atoms with E-state index in [0.717, 1.165) is 17.4 Å². The molecule has 0 aromatic rings. The Hall–Kier alpha value is 0.650. The van der Waals surface area contributed by atoms with E-state index >= 15 is 0 Å². The Bertz CT molecular complexity index is 89.1. The summed E-state index contributed by atoms with van der Waals surface area (Å²) in [6.07, 6.45) is 3.22. The first-order valence-corrected chi connectivity index (χ1v) is 4.84. The van der Waals surface area contributed by atoms with Crippen LogP contribution in [0.1, 0.15) is 19.3 Å². The molecule has 9 heavy (non-hydrogen) atoms. The third-order valence-electron chi connectivity index (χ3n) is 1.82. The van der Waals surface area contributed by atoms with Crippen molar-refractivity contribution in [2.24, 2.45) is 0 Å². The zero-order valence-electron chi connectivity index (χ0n) is 5.31. The fraction of sp³-hybridized carbons (Fsp3) is 1.00. The lowest BCUT2D eigenvalue weighted by atomic mass is 10.2. The van der Waals surface area contributed by atoms with Crippen LogP contribution in [0.4, 0.5) is 0 Å². The molecule has 0 saturated heterocycles. The Morgan fingerprint density at radius 1 is 1.56 bits per heavy atom. The predicted octanol–water partition coefficient (Wildman–Crippen LogP) is 0.882. The number of alkyl halides is 1. The molecular formula is C6H12INO. The number of rotatable bonds is 2. The largest absolute Gasteiger partial charge is 0.392 e. The molecule has 0 spiro atoms. The van der Waals surface area contributed by atoms with Gasteiger partial charge >= 0.3 is 0 Å². The van der Waals surface area contributed by atoms with Crippen molar-refractivity contribution >= 4 is 22.6 Å². The quantitative estimate of drug-likeness (QED) is 0.427. The van der Waals surface area contributed by atoms with Crippen LogP contribution >= 0.6 is 22.6 Å². The highest BCUT2D eigenvalue weighted by atomic mass is 127. The van der Waals surface area contributed by atoms with Crippen LogP contribution in [0.5, 0.6) is 0 Å². The van der Waals surface area contributed by atoms with Gasteiger partial charge < -0.3 is 10.4 Å². The maximum Gasteiger partial charge on any atom is 0.0693 e. The van der Waals surface area contributed by atoms with Gasteiger partial charge in [-0.2, -0.15) is 0 Å². The molecular weight excluding hydrogens is 229 g/mol. The maximum atomic E-state index is 9.25. The van der Waals surface area contributed by atoms with Crippen molar-refractivity contribution in [1.29, 1.82) is 0 Å². The molecule has 0 radical (unpaired) electrons.